The second kappa shape index (κ2) is 9.56. The summed E-state index contributed by atoms with van der Waals surface area (Å²) in [4.78, 5) is 22.7. The Hall–Kier alpha value is -2.89. The lowest BCUT2D eigenvalue weighted by atomic mass is 9.97. The third-order valence-corrected chi connectivity index (χ3v) is 4.12. The lowest BCUT2D eigenvalue weighted by Gasteiger charge is -2.12. The Morgan fingerprint density at radius 1 is 1.08 bits per heavy atom. The number of nitro groups is 1. The van der Waals surface area contributed by atoms with E-state index >= 15 is 0 Å². The minimum Gasteiger partial charge on any atom is -0.487 e. The summed E-state index contributed by atoms with van der Waals surface area (Å²) in [5, 5.41) is 21.2. The Balaban J connectivity index is 2.35. The van der Waals surface area contributed by atoms with Gasteiger partial charge in [0, 0.05) is 0 Å². The van der Waals surface area contributed by atoms with E-state index in [0.29, 0.717) is 12.2 Å². The van der Waals surface area contributed by atoms with Gasteiger partial charge < -0.3 is 9.84 Å². The Kier molecular flexibility index (Phi) is 7.14. The van der Waals surface area contributed by atoms with Crippen molar-refractivity contribution in [1.29, 1.82) is 0 Å². The zero-order chi connectivity index (χ0) is 18.9. The molecule has 0 aliphatic heterocycles. The first kappa shape index (κ1) is 19.4. The molecule has 0 atom stereocenters. The SMILES string of the molecule is CCCCCCCOc1ccc(C(=O)O)c(-c2ccccc2)c1[N+](=O)[O-]. The summed E-state index contributed by atoms with van der Waals surface area (Å²) in [6.07, 6.45) is 5.21. The molecular weight excluding hydrogens is 334 g/mol. The maximum Gasteiger partial charge on any atom is 0.336 e. The van der Waals surface area contributed by atoms with Crippen LogP contribution in [0, 0.1) is 10.1 Å². The first-order valence-electron chi connectivity index (χ1n) is 8.79. The van der Waals surface area contributed by atoms with Crippen molar-refractivity contribution in [2.45, 2.75) is 39.0 Å². The van der Waals surface area contributed by atoms with Crippen molar-refractivity contribution >= 4 is 11.7 Å². The van der Waals surface area contributed by atoms with Gasteiger partial charge in [-0.1, -0.05) is 62.9 Å². The van der Waals surface area contributed by atoms with Gasteiger partial charge in [0.2, 0.25) is 0 Å². The normalized spacial score (nSPS) is 10.5. The smallest absolute Gasteiger partial charge is 0.336 e. The van der Waals surface area contributed by atoms with Crippen LogP contribution in [0.15, 0.2) is 42.5 Å². The summed E-state index contributed by atoms with van der Waals surface area (Å²) in [5.74, 6) is -1.10. The summed E-state index contributed by atoms with van der Waals surface area (Å²) in [5.41, 5.74) is 0.138. The van der Waals surface area contributed by atoms with Gasteiger partial charge in [0.25, 0.3) is 0 Å². The molecule has 0 aliphatic carbocycles. The molecule has 0 saturated heterocycles. The predicted molar refractivity (Wildman–Crippen MR) is 99.7 cm³/mol. The third-order valence-electron chi connectivity index (χ3n) is 4.12. The second-order valence-electron chi connectivity index (χ2n) is 6.03. The van der Waals surface area contributed by atoms with Gasteiger partial charge in [0.15, 0.2) is 5.75 Å². The van der Waals surface area contributed by atoms with E-state index in [1.165, 1.54) is 12.1 Å². The molecule has 2 aromatic rings. The first-order valence-corrected chi connectivity index (χ1v) is 8.79. The number of rotatable bonds is 10. The van der Waals surface area contributed by atoms with Gasteiger partial charge in [-0.2, -0.15) is 0 Å². The van der Waals surface area contributed by atoms with Crippen LogP contribution in [0.4, 0.5) is 5.69 Å². The molecule has 0 bridgehead atoms. The van der Waals surface area contributed by atoms with Gasteiger partial charge in [0.05, 0.1) is 22.7 Å². The molecule has 26 heavy (non-hydrogen) atoms. The fourth-order valence-corrected chi connectivity index (χ4v) is 2.83. The van der Waals surface area contributed by atoms with E-state index in [1.807, 2.05) is 0 Å². The number of carboxylic acid groups (broad SMARTS) is 1. The summed E-state index contributed by atoms with van der Waals surface area (Å²) in [7, 11) is 0. The quantitative estimate of drug-likeness (QED) is 0.353. The highest BCUT2D eigenvalue weighted by atomic mass is 16.6. The highest BCUT2D eigenvalue weighted by Gasteiger charge is 2.28. The maximum absolute atomic E-state index is 11.7. The number of unbranched alkanes of at least 4 members (excludes halogenated alkanes) is 4. The van der Waals surface area contributed by atoms with Crippen LogP contribution in [0.1, 0.15) is 49.4 Å². The van der Waals surface area contributed by atoms with Gasteiger partial charge in [-0.3, -0.25) is 10.1 Å². The zero-order valence-electron chi connectivity index (χ0n) is 14.8. The predicted octanol–water partition coefficient (Wildman–Crippen LogP) is 5.31. The number of ether oxygens (including phenoxy) is 1. The van der Waals surface area contributed by atoms with E-state index in [4.69, 9.17) is 4.74 Å². The summed E-state index contributed by atoms with van der Waals surface area (Å²) >= 11 is 0. The summed E-state index contributed by atoms with van der Waals surface area (Å²) in [6.45, 7) is 2.50. The summed E-state index contributed by atoms with van der Waals surface area (Å²) < 4.78 is 5.64. The topological polar surface area (TPSA) is 89.7 Å². The van der Waals surface area contributed by atoms with Crippen LogP contribution in [-0.2, 0) is 0 Å². The van der Waals surface area contributed by atoms with Crippen LogP contribution in [0.25, 0.3) is 11.1 Å². The van der Waals surface area contributed by atoms with Gasteiger partial charge in [-0.15, -0.1) is 0 Å². The molecule has 0 spiro atoms. The second-order valence-corrected chi connectivity index (χ2v) is 6.03. The minimum absolute atomic E-state index is 0.0755. The fourth-order valence-electron chi connectivity index (χ4n) is 2.83. The molecule has 0 fully saturated rings. The lowest BCUT2D eigenvalue weighted by Crippen LogP contribution is -2.07. The van der Waals surface area contributed by atoms with Crippen LogP contribution in [0.3, 0.4) is 0 Å². The Labute approximate surface area is 152 Å². The first-order chi connectivity index (χ1) is 12.6. The molecule has 1 N–H and O–H groups in total. The monoisotopic (exact) mass is 357 g/mol. The average molecular weight is 357 g/mol. The number of nitrogens with zero attached hydrogens (tertiary/aromatic N) is 1. The Bertz CT molecular complexity index is 758. The number of benzene rings is 2. The molecule has 0 saturated carbocycles. The number of carbonyl (C=O) groups is 1. The largest absolute Gasteiger partial charge is 0.487 e. The van der Waals surface area contributed by atoms with E-state index in [9.17, 15) is 20.0 Å². The molecule has 0 heterocycles. The van der Waals surface area contributed by atoms with Crippen LogP contribution < -0.4 is 4.74 Å². The molecular formula is C20H23NO5. The highest BCUT2D eigenvalue weighted by molar-refractivity contribution is 6.00. The zero-order valence-corrected chi connectivity index (χ0v) is 14.8. The number of nitro benzene ring substituents is 1. The molecule has 0 amide bonds. The number of aromatic carboxylic acids is 1. The van der Waals surface area contributed by atoms with Crippen molar-refractivity contribution in [3.8, 4) is 16.9 Å². The van der Waals surface area contributed by atoms with Crippen LogP contribution in [0.5, 0.6) is 5.75 Å². The van der Waals surface area contributed by atoms with Crippen LogP contribution >= 0.6 is 0 Å². The molecule has 0 radical (unpaired) electrons. The minimum atomic E-state index is -1.21. The number of hydrogen-bond donors (Lipinski definition) is 1. The molecule has 0 unspecified atom stereocenters. The van der Waals surface area contributed by atoms with E-state index < -0.39 is 10.9 Å². The van der Waals surface area contributed by atoms with Gasteiger partial charge in [0.1, 0.15) is 0 Å². The maximum atomic E-state index is 11.7. The van der Waals surface area contributed by atoms with Gasteiger partial charge in [-0.25, -0.2) is 4.79 Å². The number of hydrogen-bond acceptors (Lipinski definition) is 4. The molecule has 138 valence electrons. The number of carboxylic acids is 1. The Morgan fingerprint density at radius 2 is 1.77 bits per heavy atom. The Morgan fingerprint density at radius 3 is 2.38 bits per heavy atom. The van der Waals surface area contributed by atoms with Crippen LogP contribution in [0.2, 0.25) is 0 Å². The molecule has 2 aromatic carbocycles. The van der Waals surface area contributed by atoms with Crippen LogP contribution in [-0.4, -0.2) is 22.6 Å². The molecule has 0 aliphatic rings. The fraction of sp³-hybridized carbons (Fsp3) is 0.350. The van der Waals surface area contributed by atoms with E-state index in [2.05, 4.69) is 6.92 Å². The van der Waals surface area contributed by atoms with Crippen molar-refractivity contribution in [3.63, 3.8) is 0 Å². The van der Waals surface area contributed by atoms with Crippen molar-refractivity contribution in [2.24, 2.45) is 0 Å². The van der Waals surface area contributed by atoms with Crippen molar-refractivity contribution in [2.75, 3.05) is 6.61 Å². The summed E-state index contributed by atoms with van der Waals surface area (Å²) in [6, 6.07) is 11.3. The third kappa shape index (κ3) is 4.81. The lowest BCUT2D eigenvalue weighted by molar-refractivity contribution is -0.385. The van der Waals surface area contributed by atoms with E-state index in [1.54, 1.807) is 30.3 Å². The van der Waals surface area contributed by atoms with Gasteiger partial charge in [-0.05, 0) is 24.1 Å². The standard InChI is InChI=1S/C20H23NO5/c1-2-3-4-5-9-14-26-17-13-12-16(20(22)23)18(19(17)21(24)25)15-10-7-6-8-11-15/h6-8,10-13H,2-5,9,14H2,1H3,(H,22,23). The molecule has 2 rings (SSSR count). The molecule has 0 aromatic heterocycles. The molecule has 6 nitrogen and oxygen atoms in total. The van der Waals surface area contributed by atoms with E-state index in [-0.39, 0.29) is 22.6 Å². The van der Waals surface area contributed by atoms with Crippen molar-refractivity contribution in [1.82, 2.24) is 0 Å². The van der Waals surface area contributed by atoms with Gasteiger partial charge >= 0.3 is 11.7 Å². The average Bonchev–Trinajstić information content (AvgIpc) is 2.64. The molecule has 6 heteroatoms. The van der Waals surface area contributed by atoms with Crippen molar-refractivity contribution in [3.05, 3.63) is 58.1 Å². The van der Waals surface area contributed by atoms with E-state index in [0.717, 1.165) is 32.1 Å². The highest BCUT2D eigenvalue weighted by Crippen LogP contribution is 2.40. The van der Waals surface area contributed by atoms with Crippen molar-refractivity contribution < 1.29 is 19.6 Å².